The zero-order valence-corrected chi connectivity index (χ0v) is 10.3. The molecule has 0 spiro atoms. The third kappa shape index (κ3) is 2.24. The number of para-hydroxylation sites is 1. The number of halogens is 1. The van der Waals surface area contributed by atoms with Gasteiger partial charge in [0.05, 0.1) is 5.52 Å². The molecule has 15 heavy (non-hydrogen) atoms. The Hall–Kier alpha value is -0.800. The first-order valence-corrected chi connectivity index (χ1v) is 5.98. The van der Waals surface area contributed by atoms with Crippen molar-refractivity contribution >= 4 is 26.8 Å². The molecule has 0 amide bonds. The van der Waals surface area contributed by atoms with E-state index in [1.165, 1.54) is 16.5 Å². The van der Waals surface area contributed by atoms with Gasteiger partial charge in [0.25, 0.3) is 0 Å². The van der Waals surface area contributed by atoms with Crippen LogP contribution in [0.1, 0.15) is 18.9 Å². The van der Waals surface area contributed by atoms with Gasteiger partial charge in [-0.05, 0) is 47.3 Å². The second kappa shape index (κ2) is 4.37. The van der Waals surface area contributed by atoms with Crippen LogP contribution in [0.15, 0.2) is 28.9 Å². The SMILES string of the molecule is CC(N)CCc1c[nH]c2c(Br)cccc12. The summed E-state index contributed by atoms with van der Waals surface area (Å²) in [5.41, 5.74) is 8.29. The van der Waals surface area contributed by atoms with E-state index in [2.05, 4.69) is 39.2 Å². The van der Waals surface area contributed by atoms with Crippen LogP contribution in [0.3, 0.4) is 0 Å². The molecule has 1 atom stereocenters. The van der Waals surface area contributed by atoms with Gasteiger partial charge in [0.15, 0.2) is 0 Å². The molecule has 1 aromatic carbocycles. The Bertz CT molecular complexity index is 460. The van der Waals surface area contributed by atoms with Crippen molar-refractivity contribution in [3.05, 3.63) is 34.4 Å². The number of H-pyrrole nitrogens is 1. The third-order valence-electron chi connectivity index (χ3n) is 2.62. The number of aromatic amines is 1. The van der Waals surface area contributed by atoms with Crippen molar-refractivity contribution in [1.82, 2.24) is 4.98 Å². The number of nitrogens with two attached hydrogens (primary N) is 1. The fourth-order valence-electron chi connectivity index (χ4n) is 1.77. The molecule has 0 saturated heterocycles. The van der Waals surface area contributed by atoms with E-state index in [9.17, 15) is 0 Å². The van der Waals surface area contributed by atoms with Crippen molar-refractivity contribution in [2.24, 2.45) is 5.73 Å². The second-order valence-electron chi connectivity index (χ2n) is 3.99. The quantitative estimate of drug-likeness (QED) is 0.880. The topological polar surface area (TPSA) is 41.8 Å². The van der Waals surface area contributed by atoms with Gasteiger partial charge in [0, 0.05) is 22.1 Å². The van der Waals surface area contributed by atoms with Crippen LogP contribution < -0.4 is 5.73 Å². The van der Waals surface area contributed by atoms with E-state index in [0.717, 1.165) is 17.3 Å². The molecule has 0 bridgehead atoms. The molecule has 2 aromatic rings. The number of fused-ring (bicyclic) bond motifs is 1. The number of aromatic nitrogens is 1. The maximum Gasteiger partial charge on any atom is 0.0601 e. The van der Waals surface area contributed by atoms with Gasteiger partial charge in [-0.15, -0.1) is 0 Å². The first-order chi connectivity index (χ1) is 7.18. The van der Waals surface area contributed by atoms with Gasteiger partial charge in [0.1, 0.15) is 0 Å². The first kappa shape index (κ1) is 10.7. The van der Waals surface area contributed by atoms with Gasteiger partial charge in [-0.25, -0.2) is 0 Å². The zero-order chi connectivity index (χ0) is 10.8. The van der Waals surface area contributed by atoms with Gasteiger partial charge in [-0.3, -0.25) is 0 Å². The number of rotatable bonds is 3. The van der Waals surface area contributed by atoms with Gasteiger partial charge < -0.3 is 10.7 Å². The van der Waals surface area contributed by atoms with E-state index >= 15 is 0 Å². The Kier molecular flexibility index (Phi) is 3.12. The summed E-state index contributed by atoms with van der Waals surface area (Å²) < 4.78 is 1.12. The summed E-state index contributed by atoms with van der Waals surface area (Å²) in [6, 6.07) is 6.53. The Morgan fingerprint density at radius 2 is 2.27 bits per heavy atom. The predicted molar refractivity (Wildman–Crippen MR) is 68.0 cm³/mol. The van der Waals surface area contributed by atoms with Crippen molar-refractivity contribution in [1.29, 1.82) is 0 Å². The van der Waals surface area contributed by atoms with Crippen LogP contribution in [0.5, 0.6) is 0 Å². The van der Waals surface area contributed by atoms with Gasteiger partial charge in [0.2, 0.25) is 0 Å². The minimum Gasteiger partial charge on any atom is -0.360 e. The number of hydrogen-bond acceptors (Lipinski definition) is 1. The molecule has 80 valence electrons. The van der Waals surface area contributed by atoms with E-state index in [1.54, 1.807) is 0 Å². The molecular formula is C12H15BrN2. The van der Waals surface area contributed by atoms with Crippen LogP contribution in [0.25, 0.3) is 10.9 Å². The Morgan fingerprint density at radius 1 is 1.47 bits per heavy atom. The highest BCUT2D eigenvalue weighted by Gasteiger charge is 2.06. The molecule has 0 aliphatic carbocycles. The van der Waals surface area contributed by atoms with Crippen LogP contribution in [0, 0.1) is 0 Å². The summed E-state index contributed by atoms with van der Waals surface area (Å²) in [4.78, 5) is 3.29. The van der Waals surface area contributed by atoms with Crippen LogP contribution in [0.4, 0.5) is 0 Å². The third-order valence-corrected chi connectivity index (χ3v) is 3.28. The molecule has 1 heterocycles. The molecule has 0 aliphatic heterocycles. The summed E-state index contributed by atoms with van der Waals surface area (Å²) in [5.74, 6) is 0. The largest absolute Gasteiger partial charge is 0.360 e. The summed E-state index contributed by atoms with van der Waals surface area (Å²) in [7, 11) is 0. The molecule has 0 radical (unpaired) electrons. The number of nitrogens with one attached hydrogen (secondary N) is 1. The van der Waals surface area contributed by atoms with Crippen molar-refractivity contribution in [3.63, 3.8) is 0 Å². The fraction of sp³-hybridized carbons (Fsp3) is 0.333. The van der Waals surface area contributed by atoms with Crippen LogP contribution in [-0.2, 0) is 6.42 Å². The highest BCUT2D eigenvalue weighted by molar-refractivity contribution is 9.10. The van der Waals surface area contributed by atoms with Gasteiger partial charge in [-0.2, -0.15) is 0 Å². The van der Waals surface area contributed by atoms with Crippen molar-refractivity contribution in [2.75, 3.05) is 0 Å². The molecule has 3 heteroatoms. The standard InChI is InChI=1S/C12H15BrN2/c1-8(14)5-6-9-7-15-12-10(9)3-2-4-11(12)13/h2-4,7-8,15H,5-6,14H2,1H3. The summed E-state index contributed by atoms with van der Waals surface area (Å²) in [6.07, 6.45) is 4.14. The lowest BCUT2D eigenvalue weighted by molar-refractivity contribution is 0.668. The summed E-state index contributed by atoms with van der Waals surface area (Å²) in [5, 5.41) is 1.30. The van der Waals surface area contributed by atoms with Crippen molar-refractivity contribution in [2.45, 2.75) is 25.8 Å². The highest BCUT2D eigenvalue weighted by atomic mass is 79.9. The lowest BCUT2D eigenvalue weighted by Gasteiger charge is -2.03. The smallest absolute Gasteiger partial charge is 0.0601 e. The molecule has 3 N–H and O–H groups in total. The minimum absolute atomic E-state index is 0.266. The van der Waals surface area contributed by atoms with Gasteiger partial charge >= 0.3 is 0 Å². The van der Waals surface area contributed by atoms with E-state index in [0.29, 0.717) is 0 Å². The maximum absolute atomic E-state index is 5.76. The minimum atomic E-state index is 0.266. The summed E-state index contributed by atoms with van der Waals surface area (Å²) in [6.45, 7) is 2.05. The normalized spacial score (nSPS) is 13.3. The Morgan fingerprint density at radius 3 is 3.00 bits per heavy atom. The fourth-order valence-corrected chi connectivity index (χ4v) is 2.25. The molecule has 2 rings (SSSR count). The second-order valence-corrected chi connectivity index (χ2v) is 4.85. The average Bonchev–Trinajstić information content (AvgIpc) is 2.59. The molecule has 0 saturated carbocycles. The molecule has 0 fully saturated rings. The van der Waals surface area contributed by atoms with Crippen molar-refractivity contribution < 1.29 is 0 Å². The molecule has 1 aromatic heterocycles. The van der Waals surface area contributed by atoms with Crippen LogP contribution in [0.2, 0.25) is 0 Å². The van der Waals surface area contributed by atoms with Crippen molar-refractivity contribution in [3.8, 4) is 0 Å². The molecule has 0 aliphatic rings. The molecule has 2 nitrogen and oxygen atoms in total. The van der Waals surface area contributed by atoms with E-state index in [-0.39, 0.29) is 6.04 Å². The van der Waals surface area contributed by atoms with E-state index in [1.807, 2.05) is 13.0 Å². The lowest BCUT2D eigenvalue weighted by atomic mass is 10.1. The summed E-state index contributed by atoms with van der Waals surface area (Å²) >= 11 is 3.53. The average molecular weight is 267 g/mol. The number of aryl methyl sites for hydroxylation is 1. The Balaban J connectivity index is 2.33. The zero-order valence-electron chi connectivity index (χ0n) is 8.76. The number of benzene rings is 1. The van der Waals surface area contributed by atoms with Crippen LogP contribution >= 0.6 is 15.9 Å². The number of hydrogen-bond donors (Lipinski definition) is 2. The first-order valence-electron chi connectivity index (χ1n) is 5.18. The molecule has 1 unspecified atom stereocenters. The highest BCUT2D eigenvalue weighted by Crippen LogP contribution is 2.26. The monoisotopic (exact) mass is 266 g/mol. The van der Waals surface area contributed by atoms with Gasteiger partial charge in [-0.1, -0.05) is 12.1 Å². The van der Waals surface area contributed by atoms with E-state index < -0.39 is 0 Å². The van der Waals surface area contributed by atoms with Crippen LogP contribution in [-0.4, -0.2) is 11.0 Å². The predicted octanol–water partition coefficient (Wildman–Crippen LogP) is 3.21. The van der Waals surface area contributed by atoms with E-state index in [4.69, 9.17) is 5.73 Å². The molecular weight excluding hydrogens is 252 g/mol. The lowest BCUT2D eigenvalue weighted by Crippen LogP contribution is -2.15. The Labute approximate surface area is 98.0 Å². The maximum atomic E-state index is 5.76.